The maximum absolute atomic E-state index is 15.4. The maximum Gasteiger partial charge on any atom is 0.426 e. The van der Waals surface area contributed by atoms with Gasteiger partial charge in [0.15, 0.2) is 36.2 Å². The molecule has 22 atom stereocenters. The lowest BCUT2D eigenvalue weighted by Gasteiger charge is -2.63. The van der Waals surface area contributed by atoms with Gasteiger partial charge in [-0.25, -0.2) is 29.2 Å². The second-order valence-corrected chi connectivity index (χ2v) is 35.1. The summed E-state index contributed by atoms with van der Waals surface area (Å²) >= 11 is 0. The molecule has 16 N–H and O–H groups in total. The van der Waals surface area contributed by atoms with Crippen LogP contribution in [-0.2, 0) is 115 Å². The molecule has 7 aliphatic heterocycles. The first kappa shape index (κ1) is 93.0. The van der Waals surface area contributed by atoms with Crippen LogP contribution in [-0.4, -0.2) is 343 Å². The third-order valence-electron chi connectivity index (χ3n) is 25.2. The van der Waals surface area contributed by atoms with Crippen molar-refractivity contribution in [1.29, 1.82) is 0 Å². The Labute approximate surface area is 712 Å². The number of ketones is 1. The third-order valence-corrected chi connectivity index (χ3v) is 27.6. The number of fused-ring (bicyclic) bond motifs is 6. The van der Waals surface area contributed by atoms with E-state index in [2.05, 4.69) is 69.0 Å². The van der Waals surface area contributed by atoms with Crippen molar-refractivity contribution in [2.75, 3.05) is 96.3 Å². The number of anilines is 1. The minimum absolute atomic E-state index is 0.0339. The SMILES string of the molecule is CCC(=O)N[C@@H](Cc1cn(CCO[C@@H]2OC(C(=O)O)[C@@H](O)[C@H](O)C2O)nn1)C(=O)C[C@@H](Cc1cn(CCO[C@@H]2OC(C(=O)O)[C@@H](O)[C@H](O)C2O)nn1)C(=O)NCCSSCCOC(=O)NNC(=O)[C@@]1(O)[C@H](O)[C@]2(CC)C=CCN3CC[C@@]4(c5cc([C@@]6(COC=O)C[C@@H]7CN(CCc8c6[nH]c6ccccc86)C[C@](O)(CC)C7)c(OC)cc5N(C)[C@@H]14)[C@@H]32.O=C=O. The van der Waals surface area contributed by atoms with E-state index in [1.807, 2.05) is 55.2 Å². The molecule has 1 saturated carbocycles. The Balaban J connectivity index is 0.00000454. The van der Waals surface area contributed by atoms with Crippen molar-refractivity contribution in [2.24, 2.45) is 17.3 Å². The van der Waals surface area contributed by atoms with E-state index in [4.69, 9.17) is 42.7 Å². The van der Waals surface area contributed by atoms with E-state index in [9.17, 15) is 89.7 Å². The summed E-state index contributed by atoms with van der Waals surface area (Å²) in [4.78, 5) is 133. The molecule has 1 aliphatic carbocycles. The zero-order valence-electron chi connectivity index (χ0n) is 68.3. The van der Waals surface area contributed by atoms with Gasteiger partial charge in [-0.15, -0.1) is 10.2 Å². The normalized spacial score (nSPS) is 31.6. The van der Waals surface area contributed by atoms with Crippen LogP contribution < -0.4 is 31.1 Å². The lowest BCUT2D eigenvalue weighted by molar-refractivity contribution is -0.294. The van der Waals surface area contributed by atoms with Gasteiger partial charge in [0.2, 0.25) is 11.8 Å². The van der Waals surface area contributed by atoms with Gasteiger partial charge in [0.1, 0.15) is 61.7 Å². The molecular formula is C79H106N14O28S2. The number of carboxylic acids is 2. The molecule has 123 heavy (non-hydrogen) atoms. The lowest BCUT2D eigenvalue weighted by atomic mass is 9.47. The number of likely N-dealkylation sites (N-methyl/N-ethyl adjacent to an activating group) is 1. The molecule has 13 rings (SSSR count). The fraction of sp³-hybridized carbons (Fsp3) is 0.633. The van der Waals surface area contributed by atoms with E-state index in [0.29, 0.717) is 94.7 Å². The van der Waals surface area contributed by atoms with E-state index in [-0.39, 0.29) is 100 Å². The monoisotopic (exact) mass is 1760 g/mol. The van der Waals surface area contributed by atoms with Gasteiger partial charge in [-0.2, -0.15) is 9.59 Å². The first-order chi connectivity index (χ1) is 58.8. The molecule has 5 unspecified atom stereocenters. The number of Topliss-reactive ketones (excluding diaryl/α,β-unsaturated/α-hetero) is 1. The van der Waals surface area contributed by atoms with Gasteiger partial charge in [-0.05, 0) is 74.2 Å². The molecule has 4 saturated heterocycles. The smallest absolute Gasteiger partial charge is 0.426 e. The summed E-state index contributed by atoms with van der Waals surface area (Å²) in [6, 6.07) is 9.21. The first-order valence-corrected chi connectivity index (χ1v) is 43.1. The van der Waals surface area contributed by atoms with Gasteiger partial charge in [-0.1, -0.05) is 83.1 Å². The molecule has 4 amide bonds. The van der Waals surface area contributed by atoms with Gasteiger partial charge in [0, 0.05) is 140 Å². The number of benzene rings is 2. The molecule has 0 radical (unpaired) electrons. The van der Waals surface area contributed by atoms with Crippen LogP contribution in [0.15, 0.2) is 60.9 Å². The Hall–Kier alpha value is -9.16. The number of aromatic amines is 1. The predicted octanol–water partition coefficient (Wildman–Crippen LogP) is -3.13. The highest BCUT2D eigenvalue weighted by atomic mass is 33.1. The summed E-state index contributed by atoms with van der Waals surface area (Å²) in [5.41, 5.74) is 3.01. The van der Waals surface area contributed by atoms with Crippen molar-refractivity contribution < 1.29 is 137 Å². The van der Waals surface area contributed by atoms with Gasteiger partial charge in [0.25, 0.3) is 12.4 Å². The van der Waals surface area contributed by atoms with Crippen LogP contribution in [0.4, 0.5) is 10.5 Å². The minimum Gasteiger partial charge on any atom is -0.496 e. The second kappa shape index (κ2) is 39.6. The fourth-order valence-electron chi connectivity index (χ4n) is 19.6. The Morgan fingerprint density at radius 2 is 1.42 bits per heavy atom. The number of nitrogens with zero attached hydrogens (tertiary/aromatic N) is 9. The number of carbonyl (C=O) groups is 8. The number of carboxylic acid groups (broad SMARTS) is 2. The summed E-state index contributed by atoms with van der Waals surface area (Å²) in [7, 11) is 5.92. The highest BCUT2D eigenvalue weighted by molar-refractivity contribution is 8.76. The van der Waals surface area contributed by atoms with E-state index >= 15 is 4.79 Å². The lowest BCUT2D eigenvalue weighted by Crippen LogP contribution is -2.82. The summed E-state index contributed by atoms with van der Waals surface area (Å²) in [5.74, 6) is -6.34. The number of rotatable bonds is 35. The number of hydrazine groups is 1. The number of aliphatic hydroxyl groups excluding tert-OH is 7. The minimum atomic E-state index is -2.64. The highest BCUT2D eigenvalue weighted by Crippen LogP contribution is 2.68. The number of hydrogen-bond donors (Lipinski definition) is 16. The molecule has 8 aliphatic rings. The summed E-state index contributed by atoms with van der Waals surface area (Å²) < 4.78 is 42.0. The zero-order chi connectivity index (χ0) is 88.6. The number of nitrogens with one attached hydrogen (secondary N) is 5. The van der Waals surface area contributed by atoms with Crippen molar-refractivity contribution in [2.45, 2.75) is 206 Å². The molecule has 10 heterocycles. The summed E-state index contributed by atoms with van der Waals surface area (Å²) in [6.45, 7) is 7.90. The van der Waals surface area contributed by atoms with Crippen LogP contribution in [0, 0.1) is 17.3 Å². The number of H-pyrrole nitrogens is 1. The van der Waals surface area contributed by atoms with Gasteiger partial charge in [-0.3, -0.25) is 39.2 Å². The number of aliphatic carboxylic acids is 2. The van der Waals surface area contributed by atoms with E-state index in [1.165, 1.54) is 43.3 Å². The Bertz CT molecular complexity index is 4690. The van der Waals surface area contributed by atoms with E-state index in [0.717, 1.165) is 27.7 Å². The van der Waals surface area contributed by atoms with Crippen LogP contribution in [0.1, 0.15) is 99.5 Å². The topological polar surface area (TPSA) is 593 Å². The number of aliphatic hydroxyl groups is 9. The van der Waals surface area contributed by atoms with E-state index < -0.39 is 167 Å². The Morgan fingerprint density at radius 1 is 0.780 bits per heavy atom. The second-order valence-electron chi connectivity index (χ2n) is 32.4. The molecular weight excluding hydrogens is 1660 g/mol. The maximum atomic E-state index is 15.4. The first-order valence-electron chi connectivity index (χ1n) is 40.7. The average Bonchev–Trinajstić information content (AvgIpc) is 1.49. The standard InChI is InChI=1S/C78H106N14O26S2.CO2/c1-6-54(95)80-50(30-44-37-92(87-83-44)22-24-115-68-60(101)56(97)58(99)62(118-68)66(105)106)52(94)29-42(28-43-36-91(86-82-43)21-23-114-67-59(100)55(96)57(98)61(117-67)65(103)104)64(102)79-17-26-119-120-27-25-116-73(109)85-84-72(108)78(111)70-77(16-20-90-18-11-15-75(8-3,69(77)90)71(78)107)47-31-48(53(112-5)32-51(47)88(70)4)76(39-113-40-93)34-41-33-74(110,7-2)38-89(35-41)19-14-46-45-12-9-10-13-49(45)81-63(46)76;2-1-3/h9-13,15,31-32,36-37,40-42,50,55-62,67-71,81,96-101,107,110-111H,6-8,14,16-30,33-35,38-39H2,1-5H3,(H,79,102)(H,80,95)(H,84,108)(H,85,109)(H,103,104)(H,105,106);/t41-,42-,50+,55+,56+,57+,58+,59?,60?,61?,62?,67-,68-,69+,70-,71-,74+,75-,76+,77-,78+;/m1./s1. The summed E-state index contributed by atoms with van der Waals surface area (Å²) in [6.07, 6.45) is -12.4. The highest BCUT2D eigenvalue weighted by Gasteiger charge is 2.79. The number of piperidine rings is 1. The molecule has 5 fully saturated rings. The quantitative estimate of drug-likeness (QED) is 0.00627. The molecule has 672 valence electrons. The molecule has 5 aromatic rings. The van der Waals surface area contributed by atoms with Gasteiger partial charge in [0.05, 0.1) is 73.8 Å². The van der Waals surface area contributed by atoms with Crippen molar-refractivity contribution >= 4 is 92.3 Å². The molecule has 2 aromatic carbocycles. The molecule has 44 heteroatoms. The molecule has 2 bridgehead atoms. The van der Waals surface area contributed by atoms with Crippen LogP contribution >= 0.6 is 21.6 Å². The number of ether oxygens (including phenoxy) is 7. The number of methoxy groups -OCH3 is 1. The number of aromatic nitrogens is 7. The zero-order valence-corrected chi connectivity index (χ0v) is 69.9. The van der Waals surface area contributed by atoms with Crippen molar-refractivity contribution in [3.05, 3.63) is 94.7 Å². The van der Waals surface area contributed by atoms with Crippen LogP contribution in [0.25, 0.3) is 10.9 Å². The molecule has 1 spiro atoms. The van der Waals surface area contributed by atoms with E-state index in [1.54, 1.807) is 21.1 Å². The van der Waals surface area contributed by atoms with Gasteiger partial charge >= 0.3 is 24.2 Å². The molecule has 3 aromatic heterocycles. The Kier molecular flexibility index (Phi) is 29.9. The number of amides is 4. The predicted molar refractivity (Wildman–Crippen MR) is 428 cm³/mol. The van der Waals surface area contributed by atoms with Crippen LogP contribution in [0.3, 0.4) is 0 Å². The molecule has 42 nitrogen and oxygen atoms in total. The largest absolute Gasteiger partial charge is 0.496 e. The number of hydrogen-bond acceptors (Lipinski definition) is 35. The average molecular weight is 1760 g/mol. The van der Waals surface area contributed by atoms with Gasteiger partial charge < -0.3 is 110 Å². The summed E-state index contributed by atoms with van der Waals surface area (Å²) in [5, 5.41) is 142. The van der Waals surface area contributed by atoms with Crippen molar-refractivity contribution in [1.82, 2.24) is 66.3 Å². The van der Waals surface area contributed by atoms with Crippen LogP contribution in [0.2, 0.25) is 0 Å². The van der Waals surface area contributed by atoms with Crippen LogP contribution in [0.5, 0.6) is 5.75 Å². The number of para-hydroxylation sites is 1. The number of carbonyl (C=O) groups excluding carboxylic acids is 8. The third kappa shape index (κ3) is 18.8. The Morgan fingerprint density at radius 3 is 2.04 bits per heavy atom. The van der Waals surface area contributed by atoms with Crippen molar-refractivity contribution in [3.8, 4) is 5.75 Å². The fourth-order valence-corrected chi connectivity index (χ4v) is 21.3. The van der Waals surface area contributed by atoms with Crippen molar-refractivity contribution in [3.63, 3.8) is 0 Å².